The molecular weight excluding hydrogens is 268 g/mol. The van der Waals surface area contributed by atoms with E-state index in [4.69, 9.17) is 4.74 Å². The van der Waals surface area contributed by atoms with Crippen LogP contribution in [0.1, 0.15) is 19.8 Å². The van der Waals surface area contributed by atoms with Crippen LogP contribution in [0, 0.1) is 0 Å². The van der Waals surface area contributed by atoms with Crippen LogP contribution in [0.15, 0.2) is 4.99 Å². The molecule has 3 rings (SSSR count). The largest absolute Gasteiger partial charge is 0.391 e. The van der Waals surface area contributed by atoms with E-state index < -0.39 is 30.5 Å². The smallest absolute Gasteiger partial charge is 0.162 e. The fraction of sp³-hybridized carbons (Fsp3) is 0.917. The van der Waals surface area contributed by atoms with E-state index in [-0.39, 0.29) is 5.44 Å². The summed E-state index contributed by atoms with van der Waals surface area (Å²) in [6, 6.07) is -0.439. The second-order valence-corrected chi connectivity index (χ2v) is 6.47. The first kappa shape index (κ1) is 13.6. The van der Waals surface area contributed by atoms with Crippen LogP contribution < -0.4 is 0 Å². The third kappa shape index (κ3) is 2.38. The molecule has 0 aromatic rings. The van der Waals surface area contributed by atoms with Gasteiger partial charge in [-0.3, -0.25) is 4.99 Å². The number of likely N-dealkylation sites (tertiary alicyclic amines) is 1. The van der Waals surface area contributed by atoms with E-state index in [1.54, 1.807) is 6.92 Å². The molecule has 19 heavy (non-hydrogen) atoms. The Balaban J connectivity index is 1.75. The van der Waals surface area contributed by atoms with Crippen molar-refractivity contribution in [1.29, 1.82) is 0 Å². The predicted molar refractivity (Wildman–Crippen MR) is 72.0 cm³/mol. The Labute approximate surface area is 116 Å². The number of rotatable bonds is 1. The summed E-state index contributed by atoms with van der Waals surface area (Å²) in [6.07, 6.45) is -1.32. The summed E-state index contributed by atoms with van der Waals surface area (Å²) < 4.78 is 5.71. The van der Waals surface area contributed by atoms with E-state index in [1.807, 2.05) is 0 Å². The quantitative estimate of drug-likeness (QED) is 0.596. The van der Waals surface area contributed by atoms with Crippen molar-refractivity contribution >= 4 is 16.9 Å². The highest BCUT2D eigenvalue weighted by Crippen LogP contribution is 2.38. The second kappa shape index (κ2) is 5.21. The average Bonchev–Trinajstić information content (AvgIpc) is 3.01. The van der Waals surface area contributed by atoms with Crippen molar-refractivity contribution in [3.8, 4) is 0 Å². The van der Waals surface area contributed by atoms with Crippen molar-refractivity contribution in [3.05, 3.63) is 0 Å². The van der Waals surface area contributed by atoms with Crippen LogP contribution in [0.4, 0.5) is 0 Å². The molecular formula is C12H20N2O4S. The topological polar surface area (TPSA) is 85.5 Å². The van der Waals surface area contributed by atoms with E-state index in [1.165, 1.54) is 11.8 Å². The number of nitrogens with zero attached hydrogens (tertiary/aromatic N) is 2. The van der Waals surface area contributed by atoms with Gasteiger partial charge in [-0.1, -0.05) is 11.8 Å². The van der Waals surface area contributed by atoms with E-state index in [0.29, 0.717) is 0 Å². The summed E-state index contributed by atoms with van der Waals surface area (Å²) in [7, 11) is 0. The van der Waals surface area contributed by atoms with Crippen LogP contribution in [-0.4, -0.2) is 74.4 Å². The summed E-state index contributed by atoms with van der Waals surface area (Å²) in [4.78, 5) is 6.70. The van der Waals surface area contributed by atoms with Crippen LogP contribution in [0.25, 0.3) is 0 Å². The third-order valence-corrected chi connectivity index (χ3v) is 5.14. The lowest BCUT2D eigenvalue weighted by molar-refractivity contribution is -0.181. The van der Waals surface area contributed by atoms with Crippen LogP contribution in [-0.2, 0) is 4.74 Å². The Morgan fingerprint density at radius 3 is 2.63 bits per heavy atom. The summed E-state index contributed by atoms with van der Waals surface area (Å²) in [5.74, 6) is 0. The number of aliphatic hydroxyl groups excluding tert-OH is 3. The van der Waals surface area contributed by atoms with Gasteiger partial charge in [-0.25, -0.2) is 0 Å². The monoisotopic (exact) mass is 288 g/mol. The first-order chi connectivity index (χ1) is 9.08. The summed E-state index contributed by atoms with van der Waals surface area (Å²) in [5.41, 5.74) is -0.311. The van der Waals surface area contributed by atoms with Gasteiger partial charge in [-0.05, 0) is 19.8 Å². The number of hydrogen-bond donors (Lipinski definition) is 3. The highest BCUT2D eigenvalue weighted by molar-refractivity contribution is 8.14. The number of hydrogen-bond acceptors (Lipinski definition) is 7. The number of fused-ring (bicyclic) bond motifs is 1. The molecule has 0 radical (unpaired) electrons. The molecule has 0 spiro atoms. The van der Waals surface area contributed by atoms with Crippen LogP contribution in [0.3, 0.4) is 0 Å². The van der Waals surface area contributed by atoms with Gasteiger partial charge in [-0.15, -0.1) is 0 Å². The van der Waals surface area contributed by atoms with Gasteiger partial charge < -0.3 is 25.0 Å². The van der Waals surface area contributed by atoms with Crippen molar-refractivity contribution in [2.45, 2.75) is 55.7 Å². The van der Waals surface area contributed by atoms with Gasteiger partial charge in [0.25, 0.3) is 0 Å². The Morgan fingerprint density at radius 2 is 2.00 bits per heavy atom. The zero-order valence-corrected chi connectivity index (χ0v) is 11.7. The Bertz CT molecular complexity index is 373. The molecule has 3 aliphatic heterocycles. The molecule has 108 valence electrons. The van der Waals surface area contributed by atoms with E-state index in [2.05, 4.69) is 9.89 Å². The Kier molecular flexibility index (Phi) is 3.74. The van der Waals surface area contributed by atoms with Crippen molar-refractivity contribution in [1.82, 2.24) is 4.90 Å². The molecule has 3 aliphatic rings. The highest BCUT2D eigenvalue weighted by Gasteiger charge is 2.50. The second-order valence-electron chi connectivity index (χ2n) is 5.41. The van der Waals surface area contributed by atoms with E-state index in [0.717, 1.165) is 31.1 Å². The van der Waals surface area contributed by atoms with Gasteiger partial charge in [0.15, 0.2) is 5.17 Å². The van der Waals surface area contributed by atoms with Crippen LogP contribution >= 0.6 is 11.8 Å². The molecule has 6 atom stereocenters. The summed E-state index contributed by atoms with van der Waals surface area (Å²) in [6.45, 7) is 3.54. The molecule has 3 N–H and O–H groups in total. The molecule has 0 aromatic carbocycles. The minimum atomic E-state index is -1.09. The van der Waals surface area contributed by atoms with Gasteiger partial charge >= 0.3 is 0 Å². The molecule has 1 unspecified atom stereocenters. The molecule has 0 saturated carbocycles. The molecule has 2 fully saturated rings. The normalized spacial score (nSPS) is 44.1. The number of amidine groups is 1. The molecule has 2 saturated heterocycles. The predicted octanol–water partition coefficient (Wildman–Crippen LogP) is -0.619. The van der Waals surface area contributed by atoms with Crippen molar-refractivity contribution < 1.29 is 20.1 Å². The standard InChI is InChI=1S/C12H20N2O4S/c1-6(15)10-9(17)8(16)7-11(18-10)19-12(13-7)14-4-2-3-5-14/h6-11,15-17H,2-5H2,1H3/t6?,7-,8-,9+,10-,11-/m1/s1. The zero-order chi connectivity index (χ0) is 13.6. The summed E-state index contributed by atoms with van der Waals surface area (Å²) >= 11 is 1.49. The summed E-state index contributed by atoms with van der Waals surface area (Å²) in [5, 5.41) is 30.6. The fourth-order valence-corrected chi connectivity index (χ4v) is 4.10. The van der Waals surface area contributed by atoms with Crippen molar-refractivity contribution in [2.24, 2.45) is 4.99 Å². The maximum Gasteiger partial charge on any atom is 0.162 e. The number of aliphatic hydroxyl groups is 3. The van der Waals surface area contributed by atoms with E-state index in [9.17, 15) is 15.3 Å². The van der Waals surface area contributed by atoms with Gasteiger partial charge in [0.1, 0.15) is 29.8 Å². The average molecular weight is 288 g/mol. The van der Waals surface area contributed by atoms with Gasteiger partial charge in [0, 0.05) is 13.1 Å². The minimum absolute atomic E-state index is 0.311. The lowest BCUT2D eigenvalue weighted by Gasteiger charge is -2.39. The maximum absolute atomic E-state index is 10.1. The number of ether oxygens (including phenoxy) is 1. The molecule has 7 heteroatoms. The third-order valence-electron chi connectivity index (χ3n) is 3.94. The molecule has 3 heterocycles. The molecule has 0 aromatic heterocycles. The van der Waals surface area contributed by atoms with Gasteiger partial charge in [0.05, 0.1) is 6.10 Å². The number of thioether (sulfide) groups is 1. The maximum atomic E-state index is 10.1. The first-order valence-corrected chi connectivity index (χ1v) is 7.65. The number of aliphatic imine (C=N–C) groups is 1. The van der Waals surface area contributed by atoms with Gasteiger partial charge in [0.2, 0.25) is 0 Å². The molecule has 0 bridgehead atoms. The highest BCUT2D eigenvalue weighted by atomic mass is 32.2. The lowest BCUT2D eigenvalue weighted by atomic mass is 9.95. The minimum Gasteiger partial charge on any atom is -0.391 e. The SMILES string of the molecule is CC(O)[C@H]1O[C@@H]2SC(N3CCCC3)=N[C@@H]2[C@@H](O)[C@@H]1O. The fourth-order valence-electron chi connectivity index (χ4n) is 2.83. The Hall–Kier alpha value is -0.340. The van der Waals surface area contributed by atoms with Crippen LogP contribution in [0.5, 0.6) is 0 Å². The van der Waals surface area contributed by atoms with Gasteiger partial charge in [-0.2, -0.15) is 0 Å². The zero-order valence-electron chi connectivity index (χ0n) is 10.8. The first-order valence-electron chi connectivity index (χ1n) is 6.77. The van der Waals surface area contributed by atoms with Crippen molar-refractivity contribution in [3.63, 3.8) is 0 Å². The molecule has 0 aliphatic carbocycles. The molecule has 0 amide bonds. The lowest BCUT2D eigenvalue weighted by Crippen LogP contribution is -2.57. The van der Waals surface area contributed by atoms with E-state index >= 15 is 0 Å². The van der Waals surface area contributed by atoms with Crippen LogP contribution in [0.2, 0.25) is 0 Å². The molecule has 6 nitrogen and oxygen atoms in total. The Morgan fingerprint density at radius 1 is 1.32 bits per heavy atom. The van der Waals surface area contributed by atoms with Crippen molar-refractivity contribution in [2.75, 3.05) is 13.1 Å².